The summed E-state index contributed by atoms with van der Waals surface area (Å²) in [5, 5.41) is 14.8. The summed E-state index contributed by atoms with van der Waals surface area (Å²) in [6, 6.07) is 13.8. The number of aryl methyl sites for hydroxylation is 1. The molecule has 2 aromatic rings. The molecule has 2 unspecified atom stereocenters. The minimum Gasteiger partial charge on any atom is -0.444 e. The Balaban J connectivity index is 2.50. The van der Waals surface area contributed by atoms with Gasteiger partial charge in [-0.25, -0.2) is 4.79 Å². The number of nitrogens with two attached hydrogens (primary N) is 1. The molecule has 0 aromatic heterocycles. The van der Waals surface area contributed by atoms with Gasteiger partial charge in [-0.05, 0) is 56.9 Å². The maximum atomic E-state index is 13.8. The Morgan fingerprint density at radius 2 is 1.71 bits per heavy atom. The lowest BCUT2D eigenvalue weighted by Crippen LogP contribution is -2.54. The van der Waals surface area contributed by atoms with Crippen molar-refractivity contribution in [1.82, 2.24) is 15.5 Å². The van der Waals surface area contributed by atoms with Gasteiger partial charge in [0.1, 0.15) is 24.2 Å². The topological polar surface area (TPSA) is 155 Å². The molecule has 2 atom stereocenters. The van der Waals surface area contributed by atoms with Gasteiger partial charge in [0.2, 0.25) is 17.7 Å². The molecule has 4 amide bonds. The lowest BCUT2D eigenvalue weighted by molar-refractivity contribution is -0.142. The number of carbonyl (C=O) groups excluding carboxylic acids is 4. The van der Waals surface area contributed by atoms with Gasteiger partial charge in [-0.1, -0.05) is 48.5 Å². The number of benzene rings is 2. The van der Waals surface area contributed by atoms with Gasteiger partial charge in [0.25, 0.3) is 0 Å². The van der Waals surface area contributed by atoms with Gasteiger partial charge in [0.05, 0.1) is 12.5 Å². The number of amides is 4. The van der Waals surface area contributed by atoms with Gasteiger partial charge >= 0.3 is 6.09 Å². The summed E-state index contributed by atoms with van der Waals surface area (Å²) in [7, 11) is 0. The molecule has 4 N–H and O–H groups in total. The molecule has 0 aliphatic carbocycles. The van der Waals surface area contributed by atoms with E-state index in [4.69, 9.17) is 10.5 Å². The van der Waals surface area contributed by atoms with Crippen molar-refractivity contribution in [3.8, 4) is 6.07 Å². The van der Waals surface area contributed by atoms with Crippen molar-refractivity contribution >= 4 is 23.8 Å². The summed E-state index contributed by atoms with van der Waals surface area (Å²) in [6.07, 6.45) is -1.49. The lowest BCUT2D eigenvalue weighted by Gasteiger charge is -2.33. The summed E-state index contributed by atoms with van der Waals surface area (Å²) in [4.78, 5) is 52.7. The largest absolute Gasteiger partial charge is 0.444 e. The zero-order chi connectivity index (χ0) is 28.5. The molecule has 2 aromatic carbocycles. The number of nitrogens with one attached hydrogen (secondary N) is 2. The van der Waals surface area contributed by atoms with Crippen LogP contribution in [0.15, 0.2) is 48.5 Å². The molecule has 10 nitrogen and oxygen atoms in total. The quantitative estimate of drug-likeness (QED) is 0.409. The van der Waals surface area contributed by atoms with E-state index in [1.807, 2.05) is 56.3 Å². The highest BCUT2D eigenvalue weighted by atomic mass is 16.6. The molecule has 38 heavy (non-hydrogen) atoms. The summed E-state index contributed by atoms with van der Waals surface area (Å²) in [5.41, 5.74) is 7.49. The van der Waals surface area contributed by atoms with E-state index in [9.17, 15) is 24.4 Å². The molecule has 10 heteroatoms. The van der Waals surface area contributed by atoms with E-state index in [-0.39, 0.29) is 6.54 Å². The van der Waals surface area contributed by atoms with E-state index in [2.05, 4.69) is 10.6 Å². The van der Waals surface area contributed by atoms with E-state index in [1.165, 1.54) is 0 Å². The highest BCUT2D eigenvalue weighted by Crippen LogP contribution is 2.27. The minimum atomic E-state index is -1.45. The van der Waals surface area contributed by atoms with E-state index in [1.54, 1.807) is 32.9 Å². The summed E-state index contributed by atoms with van der Waals surface area (Å²) >= 11 is 0. The van der Waals surface area contributed by atoms with Gasteiger partial charge < -0.3 is 26.0 Å². The van der Waals surface area contributed by atoms with Crippen LogP contribution in [0.25, 0.3) is 0 Å². The zero-order valence-corrected chi connectivity index (χ0v) is 22.4. The molecular formula is C28H35N5O5. The predicted octanol–water partition coefficient (Wildman–Crippen LogP) is 2.78. The van der Waals surface area contributed by atoms with Gasteiger partial charge in [-0.15, -0.1) is 0 Å². The smallest absolute Gasteiger partial charge is 0.408 e. The second-order valence-electron chi connectivity index (χ2n) is 9.89. The Kier molecular flexibility index (Phi) is 10.4. The molecular weight excluding hydrogens is 486 g/mol. The van der Waals surface area contributed by atoms with Gasteiger partial charge in [0.15, 0.2) is 0 Å². The number of hydrogen-bond acceptors (Lipinski definition) is 6. The molecule has 0 aliphatic rings. The lowest BCUT2D eigenvalue weighted by atomic mass is 9.94. The van der Waals surface area contributed by atoms with Crippen molar-refractivity contribution in [2.75, 3.05) is 6.54 Å². The molecule has 202 valence electrons. The second-order valence-corrected chi connectivity index (χ2v) is 9.89. The predicted molar refractivity (Wildman–Crippen MR) is 141 cm³/mol. The van der Waals surface area contributed by atoms with Crippen LogP contribution >= 0.6 is 0 Å². The number of hydrogen-bond donors (Lipinski definition) is 3. The van der Waals surface area contributed by atoms with E-state index in [0.29, 0.717) is 5.56 Å². The van der Waals surface area contributed by atoms with Gasteiger partial charge in [-0.3, -0.25) is 14.4 Å². The number of rotatable bonds is 10. The molecule has 0 spiro atoms. The van der Waals surface area contributed by atoms with Crippen molar-refractivity contribution in [1.29, 1.82) is 5.26 Å². The minimum absolute atomic E-state index is 0.191. The van der Waals surface area contributed by atoms with E-state index >= 15 is 0 Å². The fourth-order valence-electron chi connectivity index (χ4n) is 3.83. The fourth-order valence-corrected chi connectivity index (χ4v) is 3.83. The third-order valence-electron chi connectivity index (χ3n) is 5.73. The first-order valence-corrected chi connectivity index (χ1v) is 12.2. The standard InChI is InChI=1S/C28H35N5O5/c1-18-10-9-13-21(19(18)2)24(25(35)31-17-20-11-7-6-8-12-20)33(15-14-29)26(36)22(16-23(30)34)32-27(37)38-28(3,4)5/h6-13,22,24H,15-17H2,1-5H3,(H2,30,34)(H,31,35)(H,32,37). The maximum absolute atomic E-state index is 13.8. The van der Waals surface area contributed by atoms with Crippen LogP contribution in [-0.2, 0) is 25.7 Å². The van der Waals surface area contributed by atoms with Crippen LogP contribution in [0.5, 0.6) is 0 Å². The highest BCUT2D eigenvalue weighted by Gasteiger charge is 2.37. The van der Waals surface area contributed by atoms with E-state index in [0.717, 1.165) is 21.6 Å². The number of nitrogens with zero attached hydrogens (tertiary/aromatic N) is 2. The molecule has 0 saturated carbocycles. The summed E-state index contributed by atoms with van der Waals surface area (Å²) in [5.74, 6) is -2.20. The molecule has 0 heterocycles. The Hall–Kier alpha value is -4.39. The van der Waals surface area contributed by atoms with Crippen LogP contribution in [0.1, 0.15) is 55.5 Å². The molecule has 0 aliphatic heterocycles. The van der Waals surface area contributed by atoms with Crippen molar-refractivity contribution in [2.24, 2.45) is 5.73 Å². The fraction of sp³-hybridized carbons (Fsp3) is 0.393. The molecule has 0 fully saturated rings. The van der Waals surface area contributed by atoms with Crippen LogP contribution in [0.4, 0.5) is 4.79 Å². The Labute approximate surface area is 223 Å². The van der Waals surface area contributed by atoms with Gasteiger partial charge in [0, 0.05) is 6.54 Å². The number of ether oxygens (including phenoxy) is 1. The molecule has 0 saturated heterocycles. The average molecular weight is 522 g/mol. The Morgan fingerprint density at radius 1 is 1.05 bits per heavy atom. The first-order chi connectivity index (χ1) is 17.8. The summed E-state index contributed by atoms with van der Waals surface area (Å²) in [6.45, 7) is 8.33. The first kappa shape index (κ1) is 29.8. The van der Waals surface area contributed by atoms with Crippen molar-refractivity contribution in [3.05, 3.63) is 70.8 Å². The Bertz CT molecular complexity index is 1200. The van der Waals surface area contributed by atoms with Crippen LogP contribution in [0, 0.1) is 25.2 Å². The normalized spacial score (nSPS) is 12.4. The zero-order valence-electron chi connectivity index (χ0n) is 22.4. The highest BCUT2D eigenvalue weighted by molar-refractivity contribution is 5.94. The monoisotopic (exact) mass is 521 g/mol. The Morgan fingerprint density at radius 3 is 2.29 bits per heavy atom. The maximum Gasteiger partial charge on any atom is 0.408 e. The van der Waals surface area contributed by atoms with Crippen LogP contribution < -0.4 is 16.4 Å². The number of nitriles is 1. The van der Waals surface area contributed by atoms with Crippen LogP contribution in [0.2, 0.25) is 0 Å². The van der Waals surface area contributed by atoms with Crippen LogP contribution in [0.3, 0.4) is 0 Å². The molecule has 0 bridgehead atoms. The third kappa shape index (κ3) is 8.62. The first-order valence-electron chi connectivity index (χ1n) is 12.2. The number of alkyl carbamates (subject to hydrolysis) is 1. The van der Waals surface area contributed by atoms with E-state index < -0.39 is 54.5 Å². The van der Waals surface area contributed by atoms with Crippen molar-refractivity contribution in [2.45, 2.75) is 65.3 Å². The average Bonchev–Trinajstić information content (AvgIpc) is 2.83. The third-order valence-corrected chi connectivity index (χ3v) is 5.73. The number of carbonyl (C=O) groups is 4. The second kappa shape index (κ2) is 13.2. The van der Waals surface area contributed by atoms with Crippen molar-refractivity contribution < 1.29 is 23.9 Å². The SMILES string of the molecule is Cc1cccc(C(C(=O)NCc2ccccc2)N(CC#N)C(=O)C(CC(N)=O)NC(=O)OC(C)(C)C)c1C. The van der Waals surface area contributed by atoms with Crippen molar-refractivity contribution in [3.63, 3.8) is 0 Å². The summed E-state index contributed by atoms with van der Waals surface area (Å²) < 4.78 is 5.24. The van der Waals surface area contributed by atoms with Crippen LogP contribution in [-0.4, -0.2) is 46.9 Å². The molecule has 0 radical (unpaired) electrons. The molecule has 2 rings (SSSR count). The van der Waals surface area contributed by atoms with Gasteiger partial charge in [-0.2, -0.15) is 5.26 Å². The number of primary amides is 1.